The number of nitrogens with one attached hydrogen (secondary N) is 1. The molecule has 0 bridgehead atoms. The summed E-state index contributed by atoms with van der Waals surface area (Å²) in [4.78, 5) is 22.5. The average molecular weight is 239 g/mol. The molecule has 1 aliphatic rings. The maximum Gasteiger partial charge on any atom is 0.311 e. The molecule has 0 radical (unpaired) electrons. The van der Waals surface area contributed by atoms with Crippen LogP contribution in [0.3, 0.4) is 0 Å². The summed E-state index contributed by atoms with van der Waals surface area (Å²) in [6, 6.07) is 1.25. The summed E-state index contributed by atoms with van der Waals surface area (Å²) in [6.07, 6.45) is 3.24. The van der Waals surface area contributed by atoms with Gasteiger partial charge in [-0.25, -0.2) is 0 Å². The number of aliphatic carboxylic acids is 1. The Balaban J connectivity index is 1.88. The standard InChI is InChI=1S/C10H13N3O4/c14-9(4-13-3-1-2-11-13)12-8-6-17-5-7(8)10(15)16/h1-3,7-8H,4-6H2,(H,12,14)(H,15,16). The maximum atomic E-state index is 11.6. The fourth-order valence-corrected chi connectivity index (χ4v) is 1.73. The fraction of sp³-hybridized carbons (Fsp3) is 0.500. The minimum absolute atomic E-state index is 0.0792. The van der Waals surface area contributed by atoms with Gasteiger partial charge in [0.25, 0.3) is 0 Å². The molecule has 17 heavy (non-hydrogen) atoms. The smallest absolute Gasteiger partial charge is 0.311 e. The van der Waals surface area contributed by atoms with Crippen LogP contribution in [0.15, 0.2) is 18.5 Å². The van der Waals surface area contributed by atoms with Crippen LogP contribution in [0.25, 0.3) is 0 Å². The van der Waals surface area contributed by atoms with Crippen LogP contribution in [0.1, 0.15) is 0 Å². The Hall–Kier alpha value is -1.89. The molecule has 0 spiro atoms. The van der Waals surface area contributed by atoms with E-state index >= 15 is 0 Å². The van der Waals surface area contributed by atoms with Crippen molar-refractivity contribution in [2.75, 3.05) is 13.2 Å². The lowest BCUT2D eigenvalue weighted by Gasteiger charge is -2.15. The molecule has 0 aliphatic carbocycles. The van der Waals surface area contributed by atoms with Gasteiger partial charge in [-0.3, -0.25) is 14.3 Å². The lowest BCUT2D eigenvalue weighted by Crippen LogP contribution is -2.44. The summed E-state index contributed by atoms with van der Waals surface area (Å²) >= 11 is 0. The molecule has 2 atom stereocenters. The molecular formula is C10H13N3O4. The summed E-state index contributed by atoms with van der Waals surface area (Å²) in [5, 5.41) is 15.4. The maximum absolute atomic E-state index is 11.6. The lowest BCUT2D eigenvalue weighted by atomic mass is 10.0. The molecular weight excluding hydrogens is 226 g/mol. The Bertz CT molecular complexity index is 404. The van der Waals surface area contributed by atoms with E-state index in [0.29, 0.717) is 0 Å². The van der Waals surface area contributed by atoms with E-state index in [1.165, 1.54) is 4.68 Å². The van der Waals surface area contributed by atoms with Crippen molar-refractivity contribution in [2.24, 2.45) is 5.92 Å². The van der Waals surface area contributed by atoms with Crippen LogP contribution < -0.4 is 5.32 Å². The number of nitrogens with zero attached hydrogens (tertiary/aromatic N) is 2. The molecule has 92 valence electrons. The topological polar surface area (TPSA) is 93.5 Å². The number of carbonyl (C=O) groups excluding carboxylic acids is 1. The molecule has 2 rings (SSSR count). The second-order valence-corrected chi connectivity index (χ2v) is 3.86. The van der Waals surface area contributed by atoms with Crippen LogP contribution in [-0.2, 0) is 20.9 Å². The zero-order valence-electron chi connectivity index (χ0n) is 9.07. The number of rotatable bonds is 4. The van der Waals surface area contributed by atoms with Gasteiger partial charge in [0.05, 0.1) is 19.3 Å². The van der Waals surface area contributed by atoms with E-state index in [1.807, 2.05) is 0 Å². The molecule has 1 aromatic rings. The normalized spacial score (nSPS) is 23.5. The van der Waals surface area contributed by atoms with E-state index < -0.39 is 17.9 Å². The van der Waals surface area contributed by atoms with Crippen molar-refractivity contribution in [1.29, 1.82) is 0 Å². The molecule has 7 nitrogen and oxygen atoms in total. The number of carbonyl (C=O) groups is 2. The van der Waals surface area contributed by atoms with Crippen LogP contribution in [0, 0.1) is 5.92 Å². The van der Waals surface area contributed by atoms with Gasteiger partial charge in [0.1, 0.15) is 12.5 Å². The molecule has 2 N–H and O–H groups in total. The Labute approximate surface area is 97.4 Å². The van der Waals surface area contributed by atoms with Crippen LogP contribution in [0.4, 0.5) is 0 Å². The first-order valence-corrected chi connectivity index (χ1v) is 5.24. The van der Waals surface area contributed by atoms with E-state index in [1.54, 1.807) is 18.5 Å². The van der Waals surface area contributed by atoms with Crippen molar-refractivity contribution in [3.05, 3.63) is 18.5 Å². The van der Waals surface area contributed by atoms with Crippen LogP contribution in [0.2, 0.25) is 0 Å². The van der Waals surface area contributed by atoms with E-state index in [9.17, 15) is 9.59 Å². The molecule has 7 heteroatoms. The minimum Gasteiger partial charge on any atom is -0.481 e. The number of amides is 1. The highest BCUT2D eigenvalue weighted by atomic mass is 16.5. The molecule has 1 aromatic heterocycles. The van der Waals surface area contributed by atoms with Crippen LogP contribution in [-0.4, -0.2) is 46.0 Å². The summed E-state index contributed by atoms with van der Waals surface area (Å²) < 4.78 is 6.52. The average Bonchev–Trinajstić information content (AvgIpc) is 2.88. The van der Waals surface area contributed by atoms with Crippen LogP contribution >= 0.6 is 0 Å². The Morgan fingerprint density at radius 1 is 1.53 bits per heavy atom. The van der Waals surface area contributed by atoms with Crippen molar-refractivity contribution in [3.63, 3.8) is 0 Å². The zero-order valence-corrected chi connectivity index (χ0v) is 9.07. The van der Waals surface area contributed by atoms with Crippen LogP contribution in [0.5, 0.6) is 0 Å². The highest BCUT2D eigenvalue weighted by Gasteiger charge is 2.34. The molecule has 2 heterocycles. The van der Waals surface area contributed by atoms with Gasteiger partial charge in [0, 0.05) is 12.4 Å². The first-order chi connectivity index (χ1) is 8.16. The highest BCUT2D eigenvalue weighted by Crippen LogP contribution is 2.13. The van der Waals surface area contributed by atoms with Crippen molar-refractivity contribution in [1.82, 2.24) is 15.1 Å². The third kappa shape index (κ3) is 2.82. The molecule has 0 saturated carbocycles. The van der Waals surface area contributed by atoms with Gasteiger partial charge in [-0.1, -0.05) is 0 Å². The van der Waals surface area contributed by atoms with Gasteiger partial charge in [-0.15, -0.1) is 0 Å². The molecule has 2 unspecified atom stereocenters. The summed E-state index contributed by atoms with van der Waals surface area (Å²) in [5.74, 6) is -1.89. The third-order valence-corrected chi connectivity index (χ3v) is 2.61. The Morgan fingerprint density at radius 2 is 2.35 bits per heavy atom. The monoisotopic (exact) mass is 239 g/mol. The summed E-state index contributed by atoms with van der Waals surface area (Å²) in [6.45, 7) is 0.458. The van der Waals surface area contributed by atoms with Gasteiger partial charge in [-0.05, 0) is 6.07 Å². The fourth-order valence-electron chi connectivity index (χ4n) is 1.73. The van der Waals surface area contributed by atoms with Crippen molar-refractivity contribution < 1.29 is 19.4 Å². The summed E-state index contributed by atoms with van der Waals surface area (Å²) in [5.41, 5.74) is 0. The van der Waals surface area contributed by atoms with Crippen molar-refractivity contribution in [3.8, 4) is 0 Å². The van der Waals surface area contributed by atoms with Gasteiger partial charge in [-0.2, -0.15) is 5.10 Å². The molecule has 1 aliphatic heterocycles. The predicted molar refractivity (Wildman–Crippen MR) is 56.1 cm³/mol. The first-order valence-electron chi connectivity index (χ1n) is 5.24. The Morgan fingerprint density at radius 3 is 3.00 bits per heavy atom. The van der Waals surface area contributed by atoms with Crippen molar-refractivity contribution >= 4 is 11.9 Å². The second kappa shape index (κ2) is 4.96. The largest absolute Gasteiger partial charge is 0.481 e. The molecule has 0 aromatic carbocycles. The SMILES string of the molecule is O=C(Cn1cccn1)NC1COCC1C(=O)O. The van der Waals surface area contributed by atoms with Crippen molar-refractivity contribution in [2.45, 2.75) is 12.6 Å². The van der Waals surface area contributed by atoms with Gasteiger partial charge in [0.15, 0.2) is 0 Å². The lowest BCUT2D eigenvalue weighted by molar-refractivity contribution is -0.142. The molecule has 1 saturated heterocycles. The number of hydrogen-bond acceptors (Lipinski definition) is 4. The molecule has 1 amide bonds. The first kappa shape index (κ1) is 11.6. The van der Waals surface area contributed by atoms with Gasteiger partial charge < -0.3 is 15.2 Å². The van der Waals surface area contributed by atoms with Gasteiger partial charge >= 0.3 is 5.97 Å². The Kier molecular flexibility index (Phi) is 3.38. The zero-order chi connectivity index (χ0) is 12.3. The second-order valence-electron chi connectivity index (χ2n) is 3.86. The number of carboxylic acids is 1. The van der Waals surface area contributed by atoms with E-state index in [0.717, 1.165) is 0 Å². The van der Waals surface area contributed by atoms with E-state index in [4.69, 9.17) is 9.84 Å². The highest BCUT2D eigenvalue weighted by molar-refractivity contribution is 5.78. The number of ether oxygens (including phenoxy) is 1. The van der Waals surface area contributed by atoms with E-state index in [2.05, 4.69) is 10.4 Å². The predicted octanol–water partition coefficient (Wildman–Crippen LogP) is -0.901. The van der Waals surface area contributed by atoms with Gasteiger partial charge in [0.2, 0.25) is 5.91 Å². The number of aromatic nitrogens is 2. The van der Waals surface area contributed by atoms with E-state index in [-0.39, 0.29) is 25.7 Å². The third-order valence-electron chi connectivity index (χ3n) is 2.61. The number of carboxylic acid groups (broad SMARTS) is 1. The minimum atomic E-state index is -0.952. The summed E-state index contributed by atoms with van der Waals surface area (Å²) in [7, 11) is 0. The molecule has 1 fully saturated rings. The quantitative estimate of drug-likeness (QED) is 0.710. The number of hydrogen-bond donors (Lipinski definition) is 2.